The highest BCUT2D eigenvalue weighted by atomic mass is 32.1. The molecule has 0 radical (unpaired) electrons. The van der Waals surface area contributed by atoms with E-state index in [1.165, 1.54) is 4.88 Å². The highest BCUT2D eigenvalue weighted by Crippen LogP contribution is 2.24. The lowest BCUT2D eigenvalue weighted by Gasteiger charge is -2.19. The summed E-state index contributed by atoms with van der Waals surface area (Å²) in [4.78, 5) is 16.7. The normalized spacial score (nSPS) is 19.2. The second-order valence-electron chi connectivity index (χ2n) is 6.89. The fraction of sp³-hybridized carbons (Fsp3) is 0.400. The van der Waals surface area contributed by atoms with Crippen molar-refractivity contribution >= 4 is 22.1 Å². The topological polar surface area (TPSA) is 38.1 Å². The largest absolute Gasteiger partial charge is 0.306 e. The van der Waals surface area contributed by atoms with Gasteiger partial charge in [-0.25, -0.2) is 4.68 Å². The Hall–Kier alpha value is -1.98. The van der Waals surface area contributed by atoms with Crippen LogP contribution in [-0.4, -0.2) is 34.8 Å². The molecule has 1 saturated heterocycles. The zero-order valence-corrected chi connectivity index (χ0v) is 15.3. The van der Waals surface area contributed by atoms with Crippen LogP contribution in [0.1, 0.15) is 35.9 Å². The van der Waals surface area contributed by atoms with Crippen molar-refractivity contribution < 1.29 is 0 Å². The van der Waals surface area contributed by atoms with Gasteiger partial charge in [0.25, 0.3) is 5.56 Å². The molecule has 1 unspecified atom stereocenters. The third-order valence-corrected chi connectivity index (χ3v) is 5.97. The Balaban J connectivity index is 1.81. The van der Waals surface area contributed by atoms with Crippen LogP contribution in [-0.2, 0) is 6.42 Å². The van der Waals surface area contributed by atoms with Gasteiger partial charge in [-0.2, -0.15) is 5.10 Å². The minimum atomic E-state index is 0.0556. The number of fused-ring (bicyclic) bond motifs is 1. The average Bonchev–Trinajstić information content (AvgIpc) is 3.04. The molecule has 25 heavy (non-hydrogen) atoms. The van der Waals surface area contributed by atoms with E-state index in [0.29, 0.717) is 0 Å². The lowest BCUT2D eigenvalue weighted by atomic mass is 10.1. The summed E-state index contributed by atoms with van der Waals surface area (Å²) in [5.41, 5.74) is 1.07. The molecule has 0 saturated carbocycles. The van der Waals surface area contributed by atoms with Crippen LogP contribution < -0.4 is 5.56 Å². The molecule has 1 aliphatic rings. The number of benzene rings is 1. The first-order valence-electron chi connectivity index (χ1n) is 8.94. The van der Waals surface area contributed by atoms with E-state index < -0.39 is 0 Å². The van der Waals surface area contributed by atoms with Crippen molar-refractivity contribution in [3.63, 3.8) is 0 Å². The molecule has 0 N–H and O–H groups in total. The van der Waals surface area contributed by atoms with Gasteiger partial charge < -0.3 is 4.90 Å². The number of thiophene rings is 1. The minimum absolute atomic E-state index is 0.0556. The van der Waals surface area contributed by atoms with Crippen molar-refractivity contribution in [1.29, 1.82) is 0 Å². The summed E-state index contributed by atoms with van der Waals surface area (Å²) in [6.45, 7) is 2.12. The molecule has 0 spiro atoms. The second kappa shape index (κ2) is 7.10. The molecular formula is C20H23N3OS. The molecule has 0 bridgehead atoms. The van der Waals surface area contributed by atoms with Crippen molar-refractivity contribution in [1.82, 2.24) is 14.7 Å². The first-order valence-corrected chi connectivity index (χ1v) is 9.81. The Kier molecular flexibility index (Phi) is 4.68. The van der Waals surface area contributed by atoms with Crippen molar-refractivity contribution in [2.24, 2.45) is 0 Å². The summed E-state index contributed by atoms with van der Waals surface area (Å²) in [7, 11) is 2.15. The molecule has 2 aromatic heterocycles. The van der Waals surface area contributed by atoms with Gasteiger partial charge in [-0.05, 0) is 56.9 Å². The average molecular weight is 353 g/mol. The lowest BCUT2D eigenvalue weighted by molar-refractivity contribution is 0.334. The minimum Gasteiger partial charge on any atom is -0.306 e. The van der Waals surface area contributed by atoms with E-state index in [1.807, 2.05) is 24.3 Å². The first-order chi connectivity index (χ1) is 12.2. The monoisotopic (exact) mass is 353 g/mol. The van der Waals surface area contributed by atoms with Crippen LogP contribution in [0.25, 0.3) is 10.8 Å². The standard InChI is InChI=1S/C20H23N3OS/c1-22-11-4-6-15(10-12-22)23-20(24)18-9-3-2-8-17(18)19(21-23)14-16-7-5-13-25-16/h2-3,5,7-9,13,15H,4,6,10-12,14H2,1H3. The summed E-state index contributed by atoms with van der Waals surface area (Å²) in [5.74, 6) is 0. The predicted octanol–water partition coefficient (Wildman–Crippen LogP) is 3.71. The maximum Gasteiger partial charge on any atom is 0.274 e. The zero-order valence-electron chi connectivity index (χ0n) is 14.5. The highest BCUT2D eigenvalue weighted by Gasteiger charge is 2.21. The van der Waals surface area contributed by atoms with E-state index in [9.17, 15) is 4.79 Å². The molecule has 1 aliphatic heterocycles. The van der Waals surface area contributed by atoms with E-state index in [-0.39, 0.29) is 11.6 Å². The zero-order chi connectivity index (χ0) is 17.2. The van der Waals surface area contributed by atoms with Crippen LogP contribution in [0.5, 0.6) is 0 Å². The van der Waals surface area contributed by atoms with Crippen LogP contribution in [0.4, 0.5) is 0 Å². The Morgan fingerprint density at radius 1 is 1.12 bits per heavy atom. The summed E-state index contributed by atoms with van der Waals surface area (Å²) >= 11 is 1.74. The molecule has 1 fully saturated rings. The summed E-state index contributed by atoms with van der Waals surface area (Å²) in [6.07, 6.45) is 3.90. The van der Waals surface area contributed by atoms with E-state index in [1.54, 1.807) is 16.0 Å². The third kappa shape index (κ3) is 3.39. The van der Waals surface area contributed by atoms with Gasteiger partial charge in [0.05, 0.1) is 17.1 Å². The third-order valence-electron chi connectivity index (χ3n) is 5.09. The maximum absolute atomic E-state index is 13.1. The number of likely N-dealkylation sites (tertiary alicyclic amines) is 1. The molecule has 1 atom stereocenters. The van der Waals surface area contributed by atoms with Crippen molar-refractivity contribution in [3.05, 3.63) is 62.7 Å². The van der Waals surface area contributed by atoms with Crippen molar-refractivity contribution in [3.8, 4) is 0 Å². The summed E-state index contributed by atoms with van der Waals surface area (Å²) in [6, 6.07) is 12.3. The van der Waals surface area contributed by atoms with E-state index in [2.05, 4.69) is 29.5 Å². The molecule has 130 valence electrons. The van der Waals surface area contributed by atoms with Gasteiger partial charge in [-0.3, -0.25) is 4.79 Å². The molecule has 3 aromatic rings. The number of aromatic nitrogens is 2. The number of hydrogen-bond donors (Lipinski definition) is 0. The van der Waals surface area contributed by atoms with Crippen molar-refractivity contribution in [2.75, 3.05) is 20.1 Å². The number of rotatable bonds is 3. The molecule has 0 amide bonds. The Bertz CT molecular complexity index is 916. The molecular weight excluding hydrogens is 330 g/mol. The Morgan fingerprint density at radius 3 is 2.76 bits per heavy atom. The quantitative estimate of drug-likeness (QED) is 0.720. The Labute approximate surface area is 151 Å². The molecule has 3 heterocycles. The smallest absolute Gasteiger partial charge is 0.274 e. The van der Waals surface area contributed by atoms with Crippen LogP contribution in [0, 0.1) is 0 Å². The predicted molar refractivity (Wildman–Crippen MR) is 104 cm³/mol. The SMILES string of the molecule is CN1CCCC(n2nc(Cc3cccs3)c3ccccc3c2=O)CC1. The van der Waals surface area contributed by atoms with Gasteiger partial charge in [0, 0.05) is 16.7 Å². The van der Waals surface area contributed by atoms with Crippen LogP contribution >= 0.6 is 11.3 Å². The summed E-state index contributed by atoms with van der Waals surface area (Å²) < 4.78 is 1.78. The first kappa shape index (κ1) is 16.5. The van der Waals surface area contributed by atoms with Gasteiger partial charge in [0.15, 0.2) is 0 Å². The molecule has 0 aliphatic carbocycles. The van der Waals surface area contributed by atoms with E-state index in [0.717, 1.165) is 55.2 Å². The van der Waals surface area contributed by atoms with E-state index in [4.69, 9.17) is 5.10 Å². The van der Waals surface area contributed by atoms with E-state index >= 15 is 0 Å². The summed E-state index contributed by atoms with van der Waals surface area (Å²) in [5, 5.41) is 8.73. The van der Waals surface area contributed by atoms with Crippen molar-refractivity contribution in [2.45, 2.75) is 31.7 Å². The maximum atomic E-state index is 13.1. The second-order valence-corrected chi connectivity index (χ2v) is 7.92. The highest BCUT2D eigenvalue weighted by molar-refractivity contribution is 7.09. The lowest BCUT2D eigenvalue weighted by Crippen LogP contribution is -2.29. The van der Waals surface area contributed by atoms with Gasteiger partial charge in [0.2, 0.25) is 0 Å². The Morgan fingerprint density at radius 2 is 1.96 bits per heavy atom. The van der Waals surface area contributed by atoms with Crippen LogP contribution in [0.2, 0.25) is 0 Å². The van der Waals surface area contributed by atoms with Gasteiger partial charge in [-0.1, -0.05) is 24.3 Å². The molecule has 5 heteroatoms. The molecule has 4 nitrogen and oxygen atoms in total. The number of hydrogen-bond acceptors (Lipinski definition) is 4. The van der Waals surface area contributed by atoms with Crippen LogP contribution in [0.3, 0.4) is 0 Å². The van der Waals surface area contributed by atoms with Gasteiger partial charge in [0.1, 0.15) is 0 Å². The fourth-order valence-electron chi connectivity index (χ4n) is 3.70. The fourth-order valence-corrected chi connectivity index (χ4v) is 4.41. The van der Waals surface area contributed by atoms with Gasteiger partial charge >= 0.3 is 0 Å². The van der Waals surface area contributed by atoms with Gasteiger partial charge in [-0.15, -0.1) is 11.3 Å². The molecule has 1 aromatic carbocycles. The molecule has 4 rings (SSSR count). The number of nitrogens with zero attached hydrogens (tertiary/aromatic N) is 3. The van der Waals surface area contributed by atoms with Crippen LogP contribution in [0.15, 0.2) is 46.6 Å².